The molecular formula is C18H22N2O3S. The molecule has 128 valence electrons. The van der Waals surface area contributed by atoms with Gasteiger partial charge in [0, 0.05) is 48.8 Å². The zero-order valence-corrected chi connectivity index (χ0v) is 14.4. The molecule has 4 rings (SSSR count). The number of likely N-dealkylation sites (tertiary alicyclic amines) is 1. The molecule has 0 unspecified atom stereocenters. The molecule has 0 aromatic carbocycles. The molecule has 1 amide bonds. The summed E-state index contributed by atoms with van der Waals surface area (Å²) in [5, 5.41) is 7.02. The standard InChI is InChI=1S/C18H22N2O3S/c21-17(15-3-8-24-12-15)19-16-2-7-23-18(9-16)4-5-20(13-18)10-14-1-6-22-11-14/h1,3,6,8,11-12,16H,2,4-5,7,9-10,13H2,(H,19,21)/t16-,18+/m0/s1. The molecule has 6 heteroatoms. The highest BCUT2D eigenvalue weighted by Crippen LogP contribution is 2.35. The number of thiophene rings is 1. The molecule has 2 aliphatic heterocycles. The van der Waals surface area contributed by atoms with Crippen LogP contribution in [0, 0.1) is 0 Å². The molecule has 0 saturated carbocycles. The highest BCUT2D eigenvalue weighted by Gasteiger charge is 2.43. The number of nitrogens with zero attached hydrogens (tertiary/aromatic N) is 1. The Morgan fingerprint density at radius 1 is 1.46 bits per heavy atom. The van der Waals surface area contributed by atoms with Crippen LogP contribution in [0.5, 0.6) is 0 Å². The Bertz CT molecular complexity index is 671. The Balaban J connectivity index is 1.35. The number of carbonyl (C=O) groups is 1. The van der Waals surface area contributed by atoms with Gasteiger partial charge in [-0.05, 0) is 36.8 Å². The number of nitrogens with one attached hydrogen (secondary N) is 1. The third-order valence-corrected chi connectivity index (χ3v) is 5.68. The fourth-order valence-electron chi connectivity index (χ4n) is 3.80. The van der Waals surface area contributed by atoms with Crippen molar-refractivity contribution in [2.45, 2.75) is 37.5 Å². The fraction of sp³-hybridized carbons (Fsp3) is 0.500. The molecule has 2 aromatic heterocycles. The number of amides is 1. The summed E-state index contributed by atoms with van der Waals surface area (Å²) < 4.78 is 11.3. The molecule has 2 fully saturated rings. The van der Waals surface area contributed by atoms with Crippen LogP contribution in [0.15, 0.2) is 39.8 Å². The first-order valence-electron chi connectivity index (χ1n) is 8.43. The monoisotopic (exact) mass is 346 g/mol. The summed E-state index contributed by atoms with van der Waals surface area (Å²) >= 11 is 1.55. The van der Waals surface area contributed by atoms with Crippen LogP contribution in [0.4, 0.5) is 0 Å². The third kappa shape index (κ3) is 3.41. The molecule has 2 saturated heterocycles. The van der Waals surface area contributed by atoms with Crippen LogP contribution in [-0.4, -0.2) is 42.1 Å². The van der Waals surface area contributed by atoms with E-state index in [1.54, 1.807) is 23.9 Å². The van der Waals surface area contributed by atoms with Gasteiger partial charge < -0.3 is 14.5 Å². The van der Waals surface area contributed by atoms with E-state index < -0.39 is 0 Å². The van der Waals surface area contributed by atoms with Gasteiger partial charge in [0.25, 0.3) is 5.91 Å². The summed E-state index contributed by atoms with van der Waals surface area (Å²) in [5.74, 6) is 0.0338. The molecule has 0 radical (unpaired) electrons. The Morgan fingerprint density at radius 2 is 2.42 bits per heavy atom. The van der Waals surface area contributed by atoms with Crippen LogP contribution in [0.1, 0.15) is 35.2 Å². The second kappa shape index (κ2) is 6.70. The van der Waals surface area contributed by atoms with Crippen LogP contribution in [-0.2, 0) is 11.3 Å². The van der Waals surface area contributed by atoms with E-state index in [1.165, 1.54) is 5.56 Å². The summed E-state index contributed by atoms with van der Waals surface area (Å²) in [6, 6.07) is 4.08. The molecule has 0 bridgehead atoms. The van der Waals surface area contributed by atoms with Crippen LogP contribution in [0.2, 0.25) is 0 Å². The van der Waals surface area contributed by atoms with Crippen molar-refractivity contribution in [1.29, 1.82) is 0 Å². The molecule has 1 N–H and O–H groups in total. The van der Waals surface area contributed by atoms with Gasteiger partial charge in [-0.2, -0.15) is 11.3 Å². The van der Waals surface area contributed by atoms with Gasteiger partial charge in [-0.3, -0.25) is 9.69 Å². The van der Waals surface area contributed by atoms with Crippen molar-refractivity contribution < 1.29 is 13.9 Å². The lowest BCUT2D eigenvalue weighted by molar-refractivity contribution is -0.0793. The number of ether oxygens (including phenoxy) is 1. The van der Waals surface area contributed by atoms with Crippen LogP contribution >= 0.6 is 11.3 Å². The van der Waals surface area contributed by atoms with Gasteiger partial charge in [0.15, 0.2) is 0 Å². The molecule has 4 heterocycles. The van der Waals surface area contributed by atoms with Crippen LogP contribution < -0.4 is 5.32 Å². The lowest BCUT2D eigenvalue weighted by Crippen LogP contribution is -2.49. The van der Waals surface area contributed by atoms with Crippen molar-refractivity contribution in [2.24, 2.45) is 0 Å². The van der Waals surface area contributed by atoms with Gasteiger partial charge in [0.05, 0.1) is 18.1 Å². The third-order valence-electron chi connectivity index (χ3n) is 4.99. The quantitative estimate of drug-likeness (QED) is 0.925. The normalized spacial score (nSPS) is 27.6. The largest absolute Gasteiger partial charge is 0.472 e. The first-order valence-corrected chi connectivity index (χ1v) is 9.37. The highest BCUT2D eigenvalue weighted by molar-refractivity contribution is 7.08. The minimum Gasteiger partial charge on any atom is -0.472 e. The SMILES string of the molecule is O=C(N[C@H]1CCO[C@]2(CCN(Cc3ccoc3)C2)C1)c1ccsc1. The maximum absolute atomic E-state index is 12.3. The summed E-state index contributed by atoms with van der Waals surface area (Å²) in [5.41, 5.74) is 1.84. The van der Waals surface area contributed by atoms with Crippen molar-refractivity contribution in [2.75, 3.05) is 19.7 Å². The van der Waals surface area contributed by atoms with Crippen molar-refractivity contribution in [3.63, 3.8) is 0 Å². The van der Waals surface area contributed by atoms with Crippen molar-refractivity contribution in [3.8, 4) is 0 Å². The van der Waals surface area contributed by atoms with Gasteiger partial charge in [-0.25, -0.2) is 0 Å². The van der Waals surface area contributed by atoms with E-state index >= 15 is 0 Å². The zero-order valence-electron chi connectivity index (χ0n) is 13.6. The number of hydrogen-bond donors (Lipinski definition) is 1. The Hall–Kier alpha value is -1.63. The minimum absolute atomic E-state index is 0.0338. The van der Waals surface area contributed by atoms with E-state index in [2.05, 4.69) is 10.2 Å². The van der Waals surface area contributed by atoms with E-state index in [0.29, 0.717) is 6.61 Å². The Morgan fingerprint density at radius 3 is 3.21 bits per heavy atom. The second-order valence-electron chi connectivity index (χ2n) is 6.80. The van der Waals surface area contributed by atoms with Gasteiger partial charge in [-0.1, -0.05) is 0 Å². The Kier molecular flexibility index (Phi) is 4.43. The second-order valence-corrected chi connectivity index (χ2v) is 7.58. The Labute approximate surface area is 145 Å². The average Bonchev–Trinajstić information content (AvgIpc) is 3.31. The predicted octanol–water partition coefficient (Wildman–Crippen LogP) is 2.89. The lowest BCUT2D eigenvalue weighted by atomic mass is 9.89. The van der Waals surface area contributed by atoms with Crippen molar-refractivity contribution in [1.82, 2.24) is 10.2 Å². The number of carbonyl (C=O) groups excluding carboxylic acids is 1. The molecule has 24 heavy (non-hydrogen) atoms. The van der Waals surface area contributed by atoms with E-state index in [9.17, 15) is 4.79 Å². The van der Waals surface area contributed by atoms with Crippen LogP contribution in [0.25, 0.3) is 0 Å². The predicted molar refractivity (Wildman–Crippen MR) is 92.1 cm³/mol. The van der Waals surface area contributed by atoms with Gasteiger partial charge in [-0.15, -0.1) is 0 Å². The maximum Gasteiger partial charge on any atom is 0.252 e. The van der Waals surface area contributed by atoms with Gasteiger partial charge in [0.1, 0.15) is 0 Å². The van der Waals surface area contributed by atoms with E-state index in [-0.39, 0.29) is 17.6 Å². The van der Waals surface area contributed by atoms with Crippen LogP contribution in [0.3, 0.4) is 0 Å². The molecular weight excluding hydrogens is 324 g/mol. The topological polar surface area (TPSA) is 54.7 Å². The van der Waals surface area contributed by atoms with Gasteiger partial charge >= 0.3 is 0 Å². The molecule has 1 spiro atoms. The molecule has 5 nitrogen and oxygen atoms in total. The van der Waals surface area contributed by atoms with E-state index in [4.69, 9.17) is 9.15 Å². The van der Waals surface area contributed by atoms with Gasteiger partial charge in [0.2, 0.25) is 0 Å². The van der Waals surface area contributed by atoms with Crippen molar-refractivity contribution in [3.05, 3.63) is 46.5 Å². The minimum atomic E-state index is -0.116. The van der Waals surface area contributed by atoms with E-state index in [0.717, 1.165) is 44.5 Å². The first kappa shape index (κ1) is 15.9. The number of hydrogen-bond acceptors (Lipinski definition) is 5. The molecule has 0 aliphatic carbocycles. The van der Waals surface area contributed by atoms with Crippen molar-refractivity contribution >= 4 is 17.2 Å². The number of furan rings is 1. The molecule has 2 atom stereocenters. The summed E-state index contributed by atoms with van der Waals surface area (Å²) in [6.07, 6.45) is 6.32. The van der Waals surface area contributed by atoms with E-state index in [1.807, 2.05) is 22.9 Å². The summed E-state index contributed by atoms with van der Waals surface area (Å²) in [6.45, 7) is 3.56. The lowest BCUT2D eigenvalue weighted by Gasteiger charge is -2.38. The smallest absolute Gasteiger partial charge is 0.252 e. The summed E-state index contributed by atoms with van der Waals surface area (Å²) in [7, 11) is 0. The molecule has 2 aromatic rings. The maximum atomic E-state index is 12.3. The zero-order chi connectivity index (χ0) is 16.4. The molecule has 2 aliphatic rings. The average molecular weight is 346 g/mol. The first-order chi connectivity index (χ1) is 11.7. The summed E-state index contributed by atoms with van der Waals surface area (Å²) in [4.78, 5) is 14.7. The fourth-order valence-corrected chi connectivity index (χ4v) is 4.44. The number of rotatable bonds is 4. The highest BCUT2D eigenvalue weighted by atomic mass is 32.1.